The van der Waals surface area contributed by atoms with Crippen molar-refractivity contribution in [2.75, 3.05) is 0 Å². The van der Waals surface area contributed by atoms with E-state index in [1.54, 1.807) is 12.4 Å². The van der Waals surface area contributed by atoms with Crippen LogP contribution in [0.3, 0.4) is 0 Å². The van der Waals surface area contributed by atoms with Gasteiger partial charge in [-0.2, -0.15) is 10.2 Å². The van der Waals surface area contributed by atoms with E-state index in [4.69, 9.17) is 0 Å². The zero-order valence-corrected chi connectivity index (χ0v) is 7.38. The standard InChI is InChI=1S/C11H7N3/c1-2-11-10(7-13-14-11)5-8-3-4-12-6-9(1)8/h1-7H. The van der Waals surface area contributed by atoms with Crippen molar-refractivity contribution in [3.63, 3.8) is 0 Å². The van der Waals surface area contributed by atoms with Crippen LogP contribution in [0.1, 0.15) is 0 Å². The minimum absolute atomic E-state index is 0.918. The SMILES string of the molecule is c1cc2cc3cnnc-3ccc2cn1. The van der Waals surface area contributed by atoms with Crippen LogP contribution < -0.4 is 0 Å². The van der Waals surface area contributed by atoms with Gasteiger partial charge in [0.1, 0.15) is 0 Å². The second kappa shape index (κ2) is 2.73. The van der Waals surface area contributed by atoms with Crippen molar-refractivity contribution in [1.82, 2.24) is 15.2 Å². The molecule has 1 aromatic heterocycles. The van der Waals surface area contributed by atoms with E-state index in [0.717, 1.165) is 22.0 Å². The molecule has 0 unspecified atom stereocenters. The number of nitrogens with zero attached hydrogens (tertiary/aromatic N) is 3. The van der Waals surface area contributed by atoms with Crippen LogP contribution in [-0.2, 0) is 0 Å². The van der Waals surface area contributed by atoms with Crippen molar-refractivity contribution < 1.29 is 0 Å². The molecule has 1 aromatic rings. The van der Waals surface area contributed by atoms with Crippen molar-refractivity contribution in [3.05, 3.63) is 42.9 Å². The first-order valence-corrected chi connectivity index (χ1v) is 4.39. The zero-order valence-electron chi connectivity index (χ0n) is 7.38. The smallest absolute Gasteiger partial charge is 0.0945 e. The topological polar surface area (TPSA) is 38.7 Å². The average Bonchev–Trinajstić information content (AvgIpc) is 2.58. The maximum atomic E-state index is 4.08. The minimum atomic E-state index is 0.918. The molecule has 0 bridgehead atoms. The predicted octanol–water partition coefficient (Wildman–Crippen LogP) is 2.13. The van der Waals surface area contributed by atoms with Gasteiger partial charge in [0.25, 0.3) is 0 Å². The Kier molecular flexibility index (Phi) is 1.44. The normalized spacial score (nSPS) is 10.9. The van der Waals surface area contributed by atoms with Gasteiger partial charge in [-0.3, -0.25) is 4.98 Å². The van der Waals surface area contributed by atoms with E-state index in [1.165, 1.54) is 0 Å². The van der Waals surface area contributed by atoms with Crippen LogP contribution in [-0.4, -0.2) is 15.2 Å². The first-order valence-electron chi connectivity index (χ1n) is 4.39. The number of hydrogen-bond donors (Lipinski definition) is 0. The van der Waals surface area contributed by atoms with E-state index in [1.807, 2.05) is 24.4 Å². The molecule has 1 aliphatic carbocycles. The summed E-state index contributed by atoms with van der Waals surface area (Å²) in [6, 6.07) is 8.04. The zero-order chi connectivity index (χ0) is 9.38. The third kappa shape index (κ3) is 1.03. The summed E-state index contributed by atoms with van der Waals surface area (Å²) < 4.78 is 0. The van der Waals surface area contributed by atoms with Crippen molar-refractivity contribution in [3.8, 4) is 11.3 Å². The lowest BCUT2D eigenvalue weighted by molar-refractivity contribution is 1.10. The average molecular weight is 181 g/mol. The minimum Gasteiger partial charge on any atom is -0.264 e. The van der Waals surface area contributed by atoms with Gasteiger partial charge in [-0.05, 0) is 23.6 Å². The second-order valence-electron chi connectivity index (χ2n) is 3.17. The van der Waals surface area contributed by atoms with Gasteiger partial charge in [0.2, 0.25) is 0 Å². The Balaban J connectivity index is 2.48. The van der Waals surface area contributed by atoms with Gasteiger partial charge < -0.3 is 0 Å². The Hall–Kier alpha value is -2.03. The summed E-state index contributed by atoms with van der Waals surface area (Å²) in [5.41, 5.74) is 1.98. The third-order valence-corrected chi connectivity index (χ3v) is 2.28. The van der Waals surface area contributed by atoms with Crippen LogP contribution in [0.4, 0.5) is 0 Å². The molecule has 2 heterocycles. The molecule has 3 rings (SSSR count). The lowest BCUT2D eigenvalue weighted by Gasteiger charge is -1.88. The van der Waals surface area contributed by atoms with Crippen molar-refractivity contribution in [1.29, 1.82) is 0 Å². The molecule has 3 nitrogen and oxygen atoms in total. The van der Waals surface area contributed by atoms with Gasteiger partial charge in [0.05, 0.1) is 11.9 Å². The van der Waals surface area contributed by atoms with E-state index in [9.17, 15) is 0 Å². The number of rotatable bonds is 0. The van der Waals surface area contributed by atoms with Gasteiger partial charge in [-0.25, -0.2) is 0 Å². The summed E-state index contributed by atoms with van der Waals surface area (Å²) in [4.78, 5) is 4.08. The molecule has 0 saturated carbocycles. The monoisotopic (exact) mass is 181 g/mol. The summed E-state index contributed by atoms with van der Waals surface area (Å²) in [5, 5.41) is 10.2. The fourth-order valence-electron chi connectivity index (χ4n) is 1.54. The number of pyridine rings is 1. The van der Waals surface area contributed by atoms with E-state index in [2.05, 4.69) is 21.2 Å². The fourth-order valence-corrected chi connectivity index (χ4v) is 1.54. The first kappa shape index (κ1) is 7.38. The lowest BCUT2D eigenvalue weighted by Crippen LogP contribution is -1.69. The molecule has 0 saturated heterocycles. The Morgan fingerprint density at radius 2 is 1.93 bits per heavy atom. The van der Waals surface area contributed by atoms with Crippen molar-refractivity contribution in [2.24, 2.45) is 0 Å². The summed E-state index contributed by atoms with van der Waals surface area (Å²) in [7, 11) is 0. The van der Waals surface area contributed by atoms with E-state index in [0.29, 0.717) is 0 Å². The van der Waals surface area contributed by atoms with E-state index >= 15 is 0 Å². The number of hydrogen-bond acceptors (Lipinski definition) is 3. The molecule has 0 N–H and O–H groups in total. The van der Waals surface area contributed by atoms with Crippen LogP contribution in [0.15, 0.2) is 42.9 Å². The third-order valence-electron chi connectivity index (χ3n) is 2.28. The molecule has 66 valence electrons. The van der Waals surface area contributed by atoms with E-state index in [-0.39, 0.29) is 0 Å². The van der Waals surface area contributed by atoms with Crippen LogP contribution in [0.5, 0.6) is 0 Å². The Labute approximate surface area is 80.8 Å². The van der Waals surface area contributed by atoms with Crippen LogP contribution in [0, 0.1) is 0 Å². The highest BCUT2D eigenvalue weighted by Crippen LogP contribution is 2.21. The van der Waals surface area contributed by atoms with Gasteiger partial charge in [-0.1, -0.05) is 6.07 Å². The summed E-state index contributed by atoms with van der Waals surface area (Å²) >= 11 is 0. The number of aromatic nitrogens is 3. The van der Waals surface area contributed by atoms with Gasteiger partial charge in [0.15, 0.2) is 0 Å². The quantitative estimate of drug-likeness (QED) is 0.533. The summed E-state index contributed by atoms with van der Waals surface area (Å²) in [6.45, 7) is 0. The largest absolute Gasteiger partial charge is 0.264 e. The number of fused-ring (bicyclic) bond motifs is 2. The van der Waals surface area contributed by atoms with Crippen molar-refractivity contribution >= 4 is 10.8 Å². The molecule has 0 fully saturated rings. The molecule has 1 aliphatic heterocycles. The van der Waals surface area contributed by atoms with Crippen molar-refractivity contribution in [2.45, 2.75) is 0 Å². The molecular formula is C11H7N3. The summed E-state index contributed by atoms with van der Waals surface area (Å²) in [6.07, 6.45) is 5.41. The molecule has 3 heteroatoms. The Morgan fingerprint density at radius 1 is 0.929 bits per heavy atom. The molecule has 0 amide bonds. The molecular weight excluding hydrogens is 174 g/mol. The Bertz CT molecular complexity index is 562. The highest BCUT2D eigenvalue weighted by molar-refractivity contribution is 5.85. The van der Waals surface area contributed by atoms with Crippen LogP contribution in [0.25, 0.3) is 22.0 Å². The van der Waals surface area contributed by atoms with Crippen LogP contribution >= 0.6 is 0 Å². The van der Waals surface area contributed by atoms with E-state index < -0.39 is 0 Å². The highest BCUT2D eigenvalue weighted by Gasteiger charge is 2.02. The van der Waals surface area contributed by atoms with Crippen LogP contribution in [0.2, 0.25) is 0 Å². The molecule has 0 radical (unpaired) electrons. The predicted molar refractivity (Wildman–Crippen MR) is 54.0 cm³/mol. The maximum absolute atomic E-state index is 4.08. The molecule has 0 aromatic carbocycles. The molecule has 0 spiro atoms. The Morgan fingerprint density at radius 3 is 2.93 bits per heavy atom. The second-order valence-corrected chi connectivity index (χ2v) is 3.17. The molecule has 0 atom stereocenters. The fraction of sp³-hybridized carbons (Fsp3) is 0. The van der Waals surface area contributed by atoms with Gasteiger partial charge in [-0.15, -0.1) is 0 Å². The highest BCUT2D eigenvalue weighted by atomic mass is 15.1. The summed E-state index contributed by atoms with van der Waals surface area (Å²) in [5.74, 6) is 0. The van der Waals surface area contributed by atoms with Gasteiger partial charge >= 0.3 is 0 Å². The molecule has 14 heavy (non-hydrogen) atoms. The lowest BCUT2D eigenvalue weighted by atomic mass is 10.2. The maximum Gasteiger partial charge on any atom is 0.0945 e. The molecule has 2 aliphatic rings. The first-order chi connectivity index (χ1) is 6.93. The van der Waals surface area contributed by atoms with Gasteiger partial charge in [0, 0.05) is 23.3 Å².